The van der Waals surface area contributed by atoms with Crippen LogP contribution in [0.3, 0.4) is 0 Å². The van der Waals surface area contributed by atoms with Crippen molar-refractivity contribution in [1.29, 1.82) is 0 Å². The summed E-state index contributed by atoms with van der Waals surface area (Å²) in [5.74, 6) is 1.74. The number of amides is 1. The maximum Gasteiger partial charge on any atom is 0.230 e. The highest BCUT2D eigenvalue weighted by atomic mass is 32.2. The third kappa shape index (κ3) is 4.97. The third-order valence-corrected chi connectivity index (χ3v) is 4.45. The Morgan fingerprint density at radius 1 is 1.15 bits per heavy atom. The Balaban J connectivity index is 1.78. The van der Waals surface area contributed by atoms with E-state index in [1.807, 2.05) is 64.1 Å². The first kappa shape index (κ1) is 19.2. The second-order valence-electron chi connectivity index (χ2n) is 7.01. The van der Waals surface area contributed by atoms with Gasteiger partial charge in [0.2, 0.25) is 5.91 Å². The monoisotopic (exact) mass is 385 g/mol. The van der Waals surface area contributed by atoms with Crippen LogP contribution in [-0.2, 0) is 4.79 Å². The zero-order chi connectivity index (χ0) is 19.4. The molecule has 0 aliphatic carbocycles. The van der Waals surface area contributed by atoms with Crippen molar-refractivity contribution in [3.8, 4) is 17.1 Å². The lowest BCUT2D eigenvalue weighted by atomic mass is 10.1. The normalized spacial score (nSPS) is 11.6. The number of aromatic nitrogens is 4. The number of carbonyl (C=O) groups is 1. The van der Waals surface area contributed by atoms with Gasteiger partial charge >= 0.3 is 0 Å². The molecule has 2 aromatic heterocycles. The molecule has 0 radical (unpaired) electrons. The third-order valence-electron chi connectivity index (χ3n) is 3.53. The number of benzene rings is 1. The fraction of sp³-hybridized carbons (Fsp3) is 0.368. The molecule has 142 valence electrons. The van der Waals surface area contributed by atoms with E-state index in [-0.39, 0.29) is 11.4 Å². The fourth-order valence-corrected chi connectivity index (χ4v) is 3.14. The highest BCUT2D eigenvalue weighted by molar-refractivity contribution is 7.99. The molecule has 3 aromatic rings. The van der Waals surface area contributed by atoms with E-state index in [1.165, 1.54) is 11.8 Å². The SMILES string of the molecule is CCOc1ccc(-c2nnc3ccc(SCC(=O)NC(C)(C)C)nn23)cc1. The molecule has 0 saturated carbocycles. The zero-order valence-corrected chi connectivity index (χ0v) is 16.7. The quantitative estimate of drug-likeness (QED) is 0.656. The van der Waals surface area contributed by atoms with Crippen molar-refractivity contribution in [3.05, 3.63) is 36.4 Å². The number of thioether (sulfide) groups is 1. The molecule has 1 aromatic carbocycles. The van der Waals surface area contributed by atoms with Gasteiger partial charge in [-0.15, -0.1) is 10.2 Å². The summed E-state index contributed by atoms with van der Waals surface area (Å²) in [6.07, 6.45) is 0. The van der Waals surface area contributed by atoms with Crippen LogP contribution >= 0.6 is 11.8 Å². The van der Waals surface area contributed by atoms with Crippen molar-refractivity contribution in [2.45, 2.75) is 38.3 Å². The minimum absolute atomic E-state index is 0.0233. The molecule has 0 spiro atoms. The predicted molar refractivity (Wildman–Crippen MR) is 106 cm³/mol. The van der Waals surface area contributed by atoms with Crippen molar-refractivity contribution >= 4 is 23.3 Å². The summed E-state index contributed by atoms with van der Waals surface area (Å²) in [4.78, 5) is 12.0. The van der Waals surface area contributed by atoms with Gasteiger partial charge in [0, 0.05) is 11.1 Å². The molecule has 0 saturated heterocycles. The smallest absolute Gasteiger partial charge is 0.230 e. The summed E-state index contributed by atoms with van der Waals surface area (Å²) >= 11 is 1.38. The van der Waals surface area contributed by atoms with Gasteiger partial charge in [0.05, 0.1) is 12.4 Å². The van der Waals surface area contributed by atoms with Crippen LogP contribution in [0.4, 0.5) is 0 Å². The van der Waals surface area contributed by atoms with Crippen LogP contribution in [0, 0.1) is 0 Å². The van der Waals surface area contributed by atoms with Crippen LogP contribution < -0.4 is 10.1 Å². The van der Waals surface area contributed by atoms with E-state index < -0.39 is 0 Å². The van der Waals surface area contributed by atoms with E-state index in [0.29, 0.717) is 23.8 Å². The number of rotatable bonds is 6. The lowest BCUT2D eigenvalue weighted by molar-refractivity contribution is -0.119. The Bertz CT molecular complexity index is 931. The Morgan fingerprint density at radius 2 is 1.89 bits per heavy atom. The summed E-state index contributed by atoms with van der Waals surface area (Å²) in [6, 6.07) is 11.4. The molecule has 0 aliphatic heterocycles. The van der Waals surface area contributed by atoms with Crippen molar-refractivity contribution in [2.75, 3.05) is 12.4 Å². The van der Waals surface area contributed by atoms with Gasteiger partial charge in [-0.25, -0.2) is 0 Å². The van der Waals surface area contributed by atoms with Gasteiger partial charge < -0.3 is 10.1 Å². The molecule has 7 nitrogen and oxygen atoms in total. The molecular weight excluding hydrogens is 362 g/mol. The topological polar surface area (TPSA) is 81.4 Å². The molecule has 0 bridgehead atoms. The van der Waals surface area contributed by atoms with Gasteiger partial charge in [-0.1, -0.05) is 11.8 Å². The van der Waals surface area contributed by atoms with E-state index in [0.717, 1.165) is 16.3 Å². The van der Waals surface area contributed by atoms with Gasteiger partial charge in [0.25, 0.3) is 0 Å². The van der Waals surface area contributed by atoms with E-state index in [1.54, 1.807) is 4.52 Å². The average molecular weight is 385 g/mol. The number of nitrogens with zero attached hydrogens (tertiary/aromatic N) is 4. The van der Waals surface area contributed by atoms with Crippen LogP contribution in [0.5, 0.6) is 5.75 Å². The summed E-state index contributed by atoms with van der Waals surface area (Å²) in [5, 5.41) is 16.7. The highest BCUT2D eigenvalue weighted by Crippen LogP contribution is 2.23. The highest BCUT2D eigenvalue weighted by Gasteiger charge is 2.15. The second kappa shape index (κ2) is 7.96. The number of ether oxygens (including phenoxy) is 1. The Morgan fingerprint density at radius 3 is 2.56 bits per heavy atom. The molecule has 2 heterocycles. The lowest BCUT2D eigenvalue weighted by Crippen LogP contribution is -2.41. The molecule has 1 N–H and O–H groups in total. The Labute approximate surface area is 162 Å². The van der Waals surface area contributed by atoms with Crippen LogP contribution in [-0.4, -0.2) is 43.6 Å². The van der Waals surface area contributed by atoms with Gasteiger partial charge in [0.15, 0.2) is 11.5 Å². The molecule has 3 rings (SSSR count). The van der Waals surface area contributed by atoms with Crippen LogP contribution in [0.1, 0.15) is 27.7 Å². The minimum atomic E-state index is -0.246. The van der Waals surface area contributed by atoms with E-state index in [4.69, 9.17) is 4.74 Å². The number of carbonyl (C=O) groups excluding carboxylic acids is 1. The first-order valence-electron chi connectivity index (χ1n) is 8.75. The molecule has 0 fully saturated rings. The molecular formula is C19H23N5O2S. The van der Waals surface area contributed by atoms with Crippen molar-refractivity contribution in [3.63, 3.8) is 0 Å². The molecule has 8 heteroatoms. The zero-order valence-electron chi connectivity index (χ0n) is 15.9. The molecule has 0 unspecified atom stereocenters. The van der Waals surface area contributed by atoms with Crippen LogP contribution in [0.15, 0.2) is 41.4 Å². The van der Waals surface area contributed by atoms with E-state index in [9.17, 15) is 4.79 Å². The standard InChI is InChI=1S/C19H23N5O2S/c1-5-26-14-8-6-13(7-9-14)18-22-21-15-10-11-17(23-24(15)18)27-12-16(25)20-19(2,3)4/h6-11H,5,12H2,1-4H3,(H,20,25). The van der Waals surface area contributed by atoms with Crippen LogP contribution in [0.2, 0.25) is 0 Å². The summed E-state index contributed by atoms with van der Waals surface area (Å²) in [5.41, 5.74) is 1.30. The average Bonchev–Trinajstić information content (AvgIpc) is 3.03. The largest absolute Gasteiger partial charge is 0.494 e. The molecule has 1 amide bonds. The number of nitrogens with one attached hydrogen (secondary N) is 1. The predicted octanol–water partition coefficient (Wildman–Crippen LogP) is 3.20. The van der Waals surface area contributed by atoms with Gasteiger partial charge in [-0.2, -0.15) is 9.61 Å². The van der Waals surface area contributed by atoms with E-state index >= 15 is 0 Å². The van der Waals surface area contributed by atoms with Crippen molar-refractivity contribution < 1.29 is 9.53 Å². The van der Waals surface area contributed by atoms with Crippen molar-refractivity contribution in [1.82, 2.24) is 25.1 Å². The maximum atomic E-state index is 12.0. The Hall–Kier alpha value is -2.61. The minimum Gasteiger partial charge on any atom is -0.494 e. The number of fused-ring (bicyclic) bond motifs is 1. The lowest BCUT2D eigenvalue weighted by Gasteiger charge is -2.20. The fourth-order valence-electron chi connectivity index (χ4n) is 2.49. The van der Waals surface area contributed by atoms with Crippen molar-refractivity contribution in [2.24, 2.45) is 0 Å². The molecule has 0 aliphatic rings. The van der Waals surface area contributed by atoms with Gasteiger partial charge in [-0.05, 0) is 64.1 Å². The first-order valence-corrected chi connectivity index (χ1v) is 9.74. The van der Waals surface area contributed by atoms with E-state index in [2.05, 4.69) is 20.6 Å². The summed E-state index contributed by atoms with van der Waals surface area (Å²) in [7, 11) is 0. The molecule has 0 atom stereocenters. The summed E-state index contributed by atoms with van der Waals surface area (Å²) < 4.78 is 7.17. The van der Waals surface area contributed by atoms with Gasteiger partial charge in [0.1, 0.15) is 10.8 Å². The second-order valence-corrected chi connectivity index (χ2v) is 8.01. The number of hydrogen-bond acceptors (Lipinski definition) is 6. The first-order chi connectivity index (χ1) is 12.9. The summed E-state index contributed by atoms with van der Waals surface area (Å²) in [6.45, 7) is 8.45. The molecule has 27 heavy (non-hydrogen) atoms. The maximum absolute atomic E-state index is 12.0. The van der Waals surface area contributed by atoms with Crippen LogP contribution in [0.25, 0.3) is 17.0 Å². The Kier molecular flexibility index (Phi) is 5.65. The number of hydrogen-bond donors (Lipinski definition) is 1. The van der Waals surface area contributed by atoms with Gasteiger partial charge in [-0.3, -0.25) is 4.79 Å².